The molecule has 0 unspecified atom stereocenters. The zero-order valence-electron chi connectivity index (χ0n) is 21.3. The third-order valence-electron chi connectivity index (χ3n) is 5.04. The van der Waals surface area contributed by atoms with Gasteiger partial charge < -0.3 is 36.1 Å². The molecule has 13 nitrogen and oxygen atoms in total. The summed E-state index contributed by atoms with van der Waals surface area (Å²) >= 11 is 0. The molecule has 0 fully saturated rings. The topological polar surface area (TPSA) is 198 Å². The van der Waals surface area contributed by atoms with Gasteiger partial charge >= 0.3 is 16.5 Å². The molecule has 4 bridgehead atoms. The van der Waals surface area contributed by atoms with Crippen LogP contribution in [0.3, 0.4) is 0 Å². The van der Waals surface area contributed by atoms with E-state index in [0.717, 1.165) is 49.0 Å². The molecule has 3 N–H and O–H groups in total. The normalized spacial score (nSPS) is 13.9. The van der Waals surface area contributed by atoms with Crippen LogP contribution in [0.1, 0.15) is 64.3 Å². The Balaban J connectivity index is 0. The molecule has 14 heteroatoms. The van der Waals surface area contributed by atoms with Crippen LogP contribution in [0.2, 0.25) is 0 Å². The smallest absolute Gasteiger partial charge is 0.457 e. The van der Waals surface area contributed by atoms with E-state index in [0.29, 0.717) is 0 Å². The largest absolute Gasteiger partial charge is 2.00 e. The predicted octanol–water partition coefficient (Wildman–Crippen LogP) is 2.99. The first kappa shape index (κ1) is 35.2. The Bertz CT molecular complexity index is 838. The Morgan fingerprint density at radius 2 is 0.833 bits per heavy atom. The van der Waals surface area contributed by atoms with Crippen LogP contribution in [-0.2, 0) is 48.1 Å². The summed E-state index contributed by atoms with van der Waals surface area (Å²) in [5, 5.41) is 29.5. The van der Waals surface area contributed by atoms with Crippen molar-refractivity contribution in [2.24, 2.45) is 0 Å². The molecule has 3 heterocycles. The number of hydrogen-bond donors (Lipinski definition) is 0. The van der Waals surface area contributed by atoms with Crippen LogP contribution in [0.25, 0.3) is 0 Å². The van der Waals surface area contributed by atoms with Gasteiger partial charge in [0.25, 0.3) is 0 Å². The van der Waals surface area contributed by atoms with Crippen LogP contribution < -0.4 is 0 Å². The maximum absolute atomic E-state index is 8.25. The van der Waals surface area contributed by atoms with Crippen molar-refractivity contribution in [2.75, 3.05) is 0 Å². The fourth-order valence-corrected chi connectivity index (χ4v) is 3.25. The fraction of sp³-hybridized carbons (Fsp3) is 0.545. The summed E-state index contributed by atoms with van der Waals surface area (Å²) < 4.78 is 0. The summed E-state index contributed by atoms with van der Waals surface area (Å²) in [5.41, 5.74) is 4.62. The minimum atomic E-state index is -1.75. The van der Waals surface area contributed by atoms with Crippen molar-refractivity contribution in [1.82, 2.24) is 19.8 Å². The van der Waals surface area contributed by atoms with Crippen LogP contribution in [0.4, 0.5) is 0 Å². The minimum absolute atomic E-state index is 0. The minimum Gasteiger partial charge on any atom is -0.457 e. The van der Waals surface area contributed by atoms with Gasteiger partial charge in [-0.2, -0.15) is 0 Å². The predicted molar refractivity (Wildman–Crippen MR) is 132 cm³/mol. The van der Waals surface area contributed by atoms with E-state index >= 15 is 0 Å². The molecule has 0 spiro atoms. The van der Waals surface area contributed by atoms with E-state index in [-0.39, 0.29) is 33.0 Å². The third-order valence-corrected chi connectivity index (χ3v) is 5.04. The Morgan fingerprint density at radius 3 is 1.00 bits per heavy atom. The summed E-state index contributed by atoms with van der Waals surface area (Å²) in [7, 11) is 0. The summed E-state index contributed by atoms with van der Waals surface area (Å²) in [5.74, 6) is 0. The molecule has 0 aliphatic carbocycles. The van der Waals surface area contributed by atoms with Gasteiger partial charge in [-0.05, 0) is 65.8 Å². The maximum Gasteiger partial charge on any atom is 2.00 e. The van der Waals surface area contributed by atoms with Gasteiger partial charge in [-0.15, -0.1) is 0 Å². The molecular weight excluding hydrogens is 519 g/mol. The Morgan fingerprint density at radius 1 is 0.639 bits per heavy atom. The van der Waals surface area contributed by atoms with Crippen molar-refractivity contribution < 1.29 is 32.1 Å². The SMILES string of the molecule is CC(C)(C)N1Cc2cccc(n2)CN(C(C)(C)C)Cc2cccc(n2)C1.O=[N+]([O-])[O-].O=[N+]([O-])[O-].[Ni+2].[OH3+]. The van der Waals surface area contributed by atoms with Crippen LogP contribution in [-0.4, -0.2) is 41.0 Å². The molecule has 0 saturated heterocycles. The summed E-state index contributed by atoms with van der Waals surface area (Å²) in [6.45, 7) is 16.9. The van der Waals surface area contributed by atoms with Crippen molar-refractivity contribution in [3.8, 4) is 0 Å². The number of pyridine rings is 2. The van der Waals surface area contributed by atoms with Crippen LogP contribution in [0.15, 0.2) is 36.4 Å². The summed E-state index contributed by atoms with van der Waals surface area (Å²) in [4.78, 5) is 31.3. The molecule has 2 aromatic heterocycles. The van der Waals surface area contributed by atoms with Gasteiger partial charge in [0, 0.05) is 37.3 Å². The van der Waals surface area contributed by atoms with Gasteiger partial charge in [0.05, 0.1) is 32.9 Å². The van der Waals surface area contributed by atoms with Gasteiger partial charge in [-0.3, -0.25) is 19.8 Å². The average molecular weight is 554 g/mol. The van der Waals surface area contributed by atoms with Gasteiger partial charge in [0.1, 0.15) is 0 Å². The Labute approximate surface area is 220 Å². The number of nitrogens with zero attached hydrogens (tertiary/aromatic N) is 6. The zero-order chi connectivity index (χ0) is 26.1. The van der Waals surface area contributed by atoms with E-state index in [1.54, 1.807) is 0 Å². The first-order valence-corrected chi connectivity index (χ1v) is 10.6. The van der Waals surface area contributed by atoms with Crippen molar-refractivity contribution >= 4 is 0 Å². The molecule has 0 saturated carbocycles. The fourth-order valence-electron chi connectivity index (χ4n) is 3.25. The number of rotatable bonds is 0. The number of fused-ring (bicyclic) bond motifs is 4. The van der Waals surface area contributed by atoms with Crippen LogP contribution in [0, 0.1) is 30.6 Å². The molecule has 1 aliphatic rings. The van der Waals surface area contributed by atoms with Crippen LogP contribution in [0.5, 0.6) is 0 Å². The van der Waals surface area contributed by atoms with Crippen molar-refractivity contribution in [2.45, 2.75) is 78.8 Å². The van der Waals surface area contributed by atoms with E-state index in [9.17, 15) is 0 Å². The standard InChI is InChI=1S/C22H32N4.2NO3.Ni.H2O/c1-21(2,3)25-13-17-9-7-11-19(23-17)15-26(22(4,5)6)16-20-12-8-10-18(14-25)24-20;2*2-1(3)4;;/h7-12H,13-16H2,1-6H3;;;;1H2/q;2*-1;+2;/p+1. The second kappa shape index (κ2) is 15.2. The quantitative estimate of drug-likeness (QED) is 0.202. The first-order valence-electron chi connectivity index (χ1n) is 10.6. The van der Waals surface area contributed by atoms with E-state index in [1.165, 1.54) is 0 Å². The number of hydrogen-bond acceptors (Lipinski definition) is 10. The molecular formula is C22H35N6NiO7+. The average Bonchev–Trinajstić information content (AvgIpc) is 2.65. The molecule has 3 rings (SSSR count). The molecule has 36 heavy (non-hydrogen) atoms. The second-order valence-electron chi connectivity index (χ2n) is 9.74. The van der Waals surface area contributed by atoms with E-state index in [4.69, 9.17) is 40.6 Å². The van der Waals surface area contributed by atoms with Gasteiger partial charge in [0.2, 0.25) is 0 Å². The van der Waals surface area contributed by atoms with Gasteiger partial charge in [-0.1, -0.05) is 12.1 Å². The van der Waals surface area contributed by atoms with Gasteiger partial charge in [0.15, 0.2) is 0 Å². The molecule has 1 aliphatic heterocycles. The second-order valence-corrected chi connectivity index (χ2v) is 9.74. The first-order chi connectivity index (χ1) is 15.6. The Kier molecular flexibility index (Phi) is 14.9. The van der Waals surface area contributed by atoms with Gasteiger partial charge in [-0.25, -0.2) is 0 Å². The molecule has 0 radical (unpaired) electrons. The monoisotopic (exact) mass is 553 g/mol. The van der Waals surface area contributed by atoms with E-state index in [1.807, 2.05) is 0 Å². The van der Waals surface area contributed by atoms with Crippen molar-refractivity contribution in [1.29, 1.82) is 0 Å². The molecule has 0 amide bonds. The molecule has 0 aromatic carbocycles. The summed E-state index contributed by atoms with van der Waals surface area (Å²) in [6.07, 6.45) is 0. The summed E-state index contributed by atoms with van der Waals surface area (Å²) in [6, 6.07) is 12.8. The number of aromatic nitrogens is 2. The van der Waals surface area contributed by atoms with E-state index in [2.05, 4.69) is 87.7 Å². The Hall–Kier alpha value is -2.93. The van der Waals surface area contributed by atoms with E-state index < -0.39 is 10.2 Å². The zero-order valence-corrected chi connectivity index (χ0v) is 22.3. The third kappa shape index (κ3) is 13.8. The molecule has 0 atom stereocenters. The maximum atomic E-state index is 8.25. The van der Waals surface area contributed by atoms with Crippen LogP contribution >= 0.6 is 0 Å². The molecule has 2 aromatic rings. The van der Waals surface area contributed by atoms with Crippen molar-refractivity contribution in [3.63, 3.8) is 0 Å². The molecule has 204 valence electrons. The van der Waals surface area contributed by atoms with Crippen molar-refractivity contribution in [3.05, 3.63) is 89.8 Å².